The lowest BCUT2D eigenvalue weighted by Gasteiger charge is -2.07. The third-order valence-corrected chi connectivity index (χ3v) is 4.29. The maximum Gasteiger partial charge on any atom is 0.295 e. The molecule has 0 atom stereocenters. The molecular weight excluding hydrogens is 288 g/mol. The van der Waals surface area contributed by atoms with Gasteiger partial charge in [0.15, 0.2) is 0 Å². The first-order valence-electron chi connectivity index (χ1n) is 6.96. The fraction of sp³-hybridized carbons (Fsp3) is 0.333. The van der Waals surface area contributed by atoms with Gasteiger partial charge in [0.05, 0.1) is 6.54 Å². The van der Waals surface area contributed by atoms with E-state index >= 15 is 0 Å². The Kier molecular flexibility index (Phi) is 5.03. The minimum Gasteiger partial charge on any atom is -0.446 e. The summed E-state index contributed by atoms with van der Waals surface area (Å²) < 4.78 is 32.4. The van der Waals surface area contributed by atoms with E-state index in [4.69, 9.17) is 4.42 Å². The normalized spacial score (nSPS) is 11.5. The number of furan rings is 1. The topological polar surface area (TPSA) is 71.3 Å². The third kappa shape index (κ3) is 4.09. The van der Waals surface area contributed by atoms with Crippen LogP contribution in [0.4, 0.5) is 5.69 Å². The van der Waals surface area contributed by atoms with Gasteiger partial charge in [-0.3, -0.25) is 4.72 Å². The zero-order valence-corrected chi connectivity index (χ0v) is 13.0. The molecule has 0 saturated heterocycles. The zero-order chi connectivity index (χ0) is 15.3. The van der Waals surface area contributed by atoms with Crippen LogP contribution in [0.5, 0.6) is 0 Å². The Morgan fingerprint density at radius 1 is 1.14 bits per heavy atom. The van der Waals surface area contributed by atoms with E-state index in [1.165, 1.54) is 6.07 Å². The SMILES string of the molecule is CCNCc1ccc(S(=O)(=O)Nc2cccc(CC)c2)o1. The minimum absolute atomic E-state index is 0.0719. The van der Waals surface area contributed by atoms with Gasteiger partial charge in [0.1, 0.15) is 5.76 Å². The number of hydrogen-bond acceptors (Lipinski definition) is 4. The summed E-state index contributed by atoms with van der Waals surface area (Å²) in [6.07, 6.45) is 0.850. The molecule has 0 saturated carbocycles. The summed E-state index contributed by atoms with van der Waals surface area (Å²) in [6.45, 7) is 5.30. The molecule has 2 rings (SSSR count). The lowest BCUT2D eigenvalue weighted by Crippen LogP contribution is -2.13. The lowest BCUT2D eigenvalue weighted by atomic mass is 10.1. The van der Waals surface area contributed by atoms with Gasteiger partial charge in [0.2, 0.25) is 5.09 Å². The Balaban J connectivity index is 2.15. The van der Waals surface area contributed by atoms with Crippen molar-refractivity contribution in [1.82, 2.24) is 5.32 Å². The van der Waals surface area contributed by atoms with Crippen molar-refractivity contribution in [2.24, 2.45) is 0 Å². The molecule has 1 aromatic heterocycles. The molecule has 0 spiro atoms. The number of rotatable bonds is 7. The van der Waals surface area contributed by atoms with Crippen LogP contribution in [0.25, 0.3) is 0 Å². The maximum atomic E-state index is 12.3. The first-order chi connectivity index (χ1) is 10.0. The van der Waals surface area contributed by atoms with Gasteiger partial charge in [-0.15, -0.1) is 0 Å². The van der Waals surface area contributed by atoms with Gasteiger partial charge >= 0.3 is 0 Å². The molecule has 0 radical (unpaired) electrons. The molecule has 0 amide bonds. The van der Waals surface area contributed by atoms with Crippen LogP contribution in [0.3, 0.4) is 0 Å². The molecule has 21 heavy (non-hydrogen) atoms. The number of benzene rings is 1. The average Bonchev–Trinajstić information content (AvgIpc) is 2.94. The fourth-order valence-corrected chi connectivity index (χ4v) is 2.91. The van der Waals surface area contributed by atoms with Crippen LogP contribution in [-0.2, 0) is 23.0 Å². The Morgan fingerprint density at radius 3 is 2.67 bits per heavy atom. The molecule has 0 fully saturated rings. The highest BCUT2D eigenvalue weighted by Gasteiger charge is 2.18. The summed E-state index contributed by atoms with van der Waals surface area (Å²) in [5.41, 5.74) is 1.61. The van der Waals surface area contributed by atoms with E-state index in [9.17, 15) is 8.42 Å². The number of sulfonamides is 1. The number of hydrogen-bond donors (Lipinski definition) is 2. The van der Waals surface area contributed by atoms with Crippen molar-refractivity contribution in [2.75, 3.05) is 11.3 Å². The van der Waals surface area contributed by atoms with E-state index in [-0.39, 0.29) is 5.09 Å². The summed E-state index contributed by atoms with van der Waals surface area (Å²) in [6, 6.07) is 10.5. The Hall–Kier alpha value is -1.79. The van der Waals surface area contributed by atoms with Gasteiger partial charge in [-0.05, 0) is 42.8 Å². The molecule has 2 aromatic rings. The maximum absolute atomic E-state index is 12.3. The van der Waals surface area contributed by atoms with E-state index in [1.807, 2.05) is 32.0 Å². The minimum atomic E-state index is -3.69. The zero-order valence-electron chi connectivity index (χ0n) is 12.2. The second-order valence-corrected chi connectivity index (χ2v) is 6.27. The van der Waals surface area contributed by atoms with Crippen LogP contribution in [0, 0.1) is 0 Å². The molecule has 0 aliphatic rings. The summed E-state index contributed by atoms with van der Waals surface area (Å²) in [7, 11) is -3.69. The van der Waals surface area contributed by atoms with Crippen molar-refractivity contribution in [3.05, 3.63) is 47.7 Å². The van der Waals surface area contributed by atoms with E-state index < -0.39 is 10.0 Å². The van der Waals surface area contributed by atoms with Crippen molar-refractivity contribution in [3.8, 4) is 0 Å². The quantitative estimate of drug-likeness (QED) is 0.825. The molecule has 2 N–H and O–H groups in total. The van der Waals surface area contributed by atoms with Crippen LogP contribution in [-0.4, -0.2) is 15.0 Å². The summed E-state index contributed by atoms with van der Waals surface area (Å²) >= 11 is 0. The molecule has 6 heteroatoms. The summed E-state index contributed by atoms with van der Waals surface area (Å²) in [4.78, 5) is 0. The predicted molar refractivity (Wildman–Crippen MR) is 82.7 cm³/mol. The molecule has 0 bridgehead atoms. The van der Waals surface area contributed by atoms with E-state index in [1.54, 1.807) is 12.1 Å². The van der Waals surface area contributed by atoms with Gasteiger partial charge < -0.3 is 9.73 Å². The standard InChI is InChI=1S/C15H20N2O3S/c1-3-12-6-5-7-13(10-12)17-21(18,19)15-9-8-14(20-15)11-16-4-2/h5-10,16-17H,3-4,11H2,1-2H3. The van der Waals surface area contributed by atoms with Crippen molar-refractivity contribution < 1.29 is 12.8 Å². The van der Waals surface area contributed by atoms with Crippen molar-refractivity contribution in [1.29, 1.82) is 0 Å². The smallest absolute Gasteiger partial charge is 0.295 e. The summed E-state index contributed by atoms with van der Waals surface area (Å²) in [5.74, 6) is 0.597. The van der Waals surface area contributed by atoms with Crippen LogP contribution >= 0.6 is 0 Å². The lowest BCUT2D eigenvalue weighted by molar-refractivity contribution is 0.405. The second kappa shape index (κ2) is 6.78. The molecule has 5 nitrogen and oxygen atoms in total. The Bertz CT molecular complexity index is 692. The molecule has 1 heterocycles. The highest BCUT2D eigenvalue weighted by atomic mass is 32.2. The van der Waals surface area contributed by atoms with E-state index in [0.29, 0.717) is 18.0 Å². The van der Waals surface area contributed by atoms with Gasteiger partial charge in [0, 0.05) is 5.69 Å². The Labute approximate surface area is 125 Å². The Morgan fingerprint density at radius 2 is 1.95 bits per heavy atom. The highest BCUT2D eigenvalue weighted by molar-refractivity contribution is 7.92. The van der Waals surface area contributed by atoms with E-state index in [2.05, 4.69) is 10.0 Å². The van der Waals surface area contributed by atoms with Gasteiger partial charge in [-0.2, -0.15) is 8.42 Å². The van der Waals surface area contributed by atoms with Crippen LogP contribution in [0.1, 0.15) is 25.2 Å². The largest absolute Gasteiger partial charge is 0.446 e. The molecule has 0 aliphatic carbocycles. The van der Waals surface area contributed by atoms with Gasteiger partial charge in [-0.25, -0.2) is 0 Å². The second-order valence-electron chi connectivity index (χ2n) is 4.66. The third-order valence-electron chi connectivity index (χ3n) is 3.04. The fourth-order valence-electron chi connectivity index (χ4n) is 1.91. The van der Waals surface area contributed by atoms with E-state index in [0.717, 1.165) is 18.5 Å². The molecule has 114 valence electrons. The van der Waals surface area contributed by atoms with Crippen LogP contribution in [0.2, 0.25) is 0 Å². The number of nitrogens with one attached hydrogen (secondary N) is 2. The molecular formula is C15H20N2O3S. The van der Waals surface area contributed by atoms with Crippen molar-refractivity contribution in [2.45, 2.75) is 31.9 Å². The first-order valence-corrected chi connectivity index (χ1v) is 8.44. The van der Waals surface area contributed by atoms with Crippen LogP contribution < -0.4 is 10.0 Å². The van der Waals surface area contributed by atoms with Crippen LogP contribution in [0.15, 0.2) is 45.9 Å². The van der Waals surface area contributed by atoms with Crippen molar-refractivity contribution in [3.63, 3.8) is 0 Å². The summed E-state index contributed by atoms with van der Waals surface area (Å²) in [5, 5.41) is 3.01. The molecule has 0 aliphatic heterocycles. The van der Waals surface area contributed by atoms with Gasteiger partial charge in [0.25, 0.3) is 10.0 Å². The number of aryl methyl sites for hydroxylation is 1. The molecule has 1 aromatic carbocycles. The first kappa shape index (κ1) is 15.6. The van der Waals surface area contributed by atoms with Gasteiger partial charge in [-0.1, -0.05) is 26.0 Å². The number of anilines is 1. The highest BCUT2D eigenvalue weighted by Crippen LogP contribution is 2.19. The van der Waals surface area contributed by atoms with Crippen molar-refractivity contribution >= 4 is 15.7 Å². The molecule has 0 unspecified atom stereocenters. The monoisotopic (exact) mass is 308 g/mol. The average molecular weight is 308 g/mol. The predicted octanol–water partition coefficient (Wildman–Crippen LogP) is 2.75.